The van der Waals surface area contributed by atoms with Crippen LogP contribution in [0.1, 0.15) is 188 Å². The predicted molar refractivity (Wildman–Crippen MR) is 371 cm³/mol. The molecule has 0 bridgehead atoms. The van der Waals surface area contributed by atoms with E-state index >= 15 is 0 Å². The molecule has 0 aliphatic heterocycles. The molecule has 0 fully saturated rings. The SMILES string of the molecule is CC/C=C\C/C=C\C/C=C\C/C=C\C/C=C\C/C=C\CCC(=O)OCC(O)COP(=O)(O)OCC(O)COP(=O)(O)OCC(COC(=O)CCCCC/C=C\C/C=C\C/C=C\C/C=C\C/C=C\CC)OC(=O)CCC/C=C\C/C=C\C/C=C\C/C=C\C/C=C\CC. The van der Waals surface area contributed by atoms with Gasteiger partial charge in [0.2, 0.25) is 0 Å². The average molecular weight is 1310 g/mol. The number of hydrogen-bond donors (Lipinski definition) is 4. The Morgan fingerprint density at radius 1 is 0.308 bits per heavy atom. The molecule has 0 saturated carbocycles. The van der Waals surface area contributed by atoms with Crippen LogP contribution in [-0.4, -0.2) is 95.9 Å². The van der Waals surface area contributed by atoms with E-state index in [1.54, 1.807) is 0 Å². The van der Waals surface area contributed by atoms with Gasteiger partial charge in [-0.05, 0) is 141 Å². The molecule has 0 spiro atoms. The van der Waals surface area contributed by atoms with Crippen LogP contribution in [0.15, 0.2) is 194 Å². The standard InChI is InChI=1S/C73H112O16P2/c1-4-7-10-13-16-19-22-25-28-31-33-36-38-41-44-47-50-53-56-59-71(76)83-62-68(74)63-85-90(79,80)86-64-69(75)65-87-91(81,82)88-67-70(89-73(78)61-58-55-52-49-46-43-40-35-30-27-24-21-18-15-12-9-6-3)66-84-72(77)60-57-54-51-48-45-42-39-37-34-32-29-26-23-20-17-14-11-8-5-2/h7-12,16-21,25-30,33-34,36-37,40-45,49-50,52-53,68-70,74-75H,4-6,13-15,22-24,31-32,35,38-39,46-48,51,54-67H2,1-3H3,(H,79,80)(H,81,82)/b10-7-,11-8-,12-9-,19-16-,20-17-,21-18-,28-25-,29-26-,30-27-,36-33-,37-34-,43-40-,44-41-,45-42-,52-49-,53-50-. The number of ether oxygens (including phenoxy) is 3. The lowest BCUT2D eigenvalue weighted by atomic mass is 10.1. The average Bonchev–Trinajstić information content (AvgIpc) is 3.02. The highest BCUT2D eigenvalue weighted by atomic mass is 31.2. The van der Waals surface area contributed by atoms with E-state index in [0.29, 0.717) is 32.1 Å². The van der Waals surface area contributed by atoms with E-state index in [2.05, 4.69) is 185 Å². The van der Waals surface area contributed by atoms with Crippen LogP contribution >= 0.6 is 15.6 Å². The van der Waals surface area contributed by atoms with Gasteiger partial charge in [0, 0.05) is 19.3 Å². The molecule has 18 heteroatoms. The summed E-state index contributed by atoms with van der Waals surface area (Å²) in [7, 11) is -9.85. The summed E-state index contributed by atoms with van der Waals surface area (Å²) in [6, 6.07) is 0. The van der Waals surface area contributed by atoms with E-state index in [0.717, 1.165) is 116 Å². The largest absolute Gasteiger partial charge is 0.472 e. The van der Waals surface area contributed by atoms with Crippen molar-refractivity contribution in [3.05, 3.63) is 194 Å². The minimum atomic E-state index is -4.96. The minimum absolute atomic E-state index is 0.00722. The van der Waals surface area contributed by atoms with Gasteiger partial charge in [0.15, 0.2) is 6.10 Å². The Kier molecular flexibility index (Phi) is 60.5. The number of allylic oxidation sites excluding steroid dienone is 32. The molecule has 16 nitrogen and oxygen atoms in total. The van der Waals surface area contributed by atoms with Gasteiger partial charge >= 0.3 is 33.6 Å². The Hall–Kier alpha value is -5.61. The molecule has 0 aromatic carbocycles. The normalized spacial score (nSPS) is 15.5. The van der Waals surface area contributed by atoms with Crippen LogP contribution in [0.25, 0.3) is 0 Å². The lowest BCUT2D eigenvalue weighted by Crippen LogP contribution is -2.30. The third kappa shape index (κ3) is 65.7. The smallest absolute Gasteiger partial charge is 0.463 e. The van der Waals surface area contributed by atoms with Gasteiger partial charge in [0.1, 0.15) is 25.4 Å². The Bertz CT molecular complexity index is 2430. The van der Waals surface area contributed by atoms with Gasteiger partial charge in [-0.3, -0.25) is 32.5 Å². The zero-order valence-corrected chi connectivity index (χ0v) is 56.7. The second kappa shape index (κ2) is 64.5. The van der Waals surface area contributed by atoms with Crippen LogP contribution in [-0.2, 0) is 55.8 Å². The number of unbranched alkanes of at least 4 members (excludes halogenated alkanes) is 4. The van der Waals surface area contributed by atoms with Gasteiger partial charge in [-0.2, -0.15) is 0 Å². The second-order valence-electron chi connectivity index (χ2n) is 20.8. The number of aliphatic hydroxyl groups is 2. The van der Waals surface area contributed by atoms with Crippen molar-refractivity contribution >= 4 is 33.6 Å². The van der Waals surface area contributed by atoms with Gasteiger partial charge in [-0.25, -0.2) is 9.13 Å². The van der Waals surface area contributed by atoms with Crippen LogP contribution in [0.2, 0.25) is 0 Å². The molecule has 0 amide bonds. The summed E-state index contributed by atoms with van der Waals surface area (Å²) in [5, 5.41) is 20.5. The highest BCUT2D eigenvalue weighted by molar-refractivity contribution is 7.47. The van der Waals surface area contributed by atoms with Crippen molar-refractivity contribution in [2.24, 2.45) is 0 Å². The monoisotopic (exact) mass is 1310 g/mol. The molecule has 5 atom stereocenters. The van der Waals surface area contributed by atoms with Crippen molar-refractivity contribution in [2.45, 2.75) is 206 Å². The van der Waals surface area contributed by atoms with E-state index in [9.17, 15) is 43.5 Å². The summed E-state index contributed by atoms with van der Waals surface area (Å²) < 4.78 is 60.6. The van der Waals surface area contributed by atoms with E-state index in [4.69, 9.17) is 32.3 Å². The van der Waals surface area contributed by atoms with Gasteiger partial charge < -0.3 is 34.2 Å². The van der Waals surface area contributed by atoms with Crippen molar-refractivity contribution in [1.29, 1.82) is 0 Å². The third-order valence-electron chi connectivity index (χ3n) is 12.3. The summed E-state index contributed by atoms with van der Waals surface area (Å²) in [4.78, 5) is 58.3. The first-order valence-electron chi connectivity index (χ1n) is 32.7. The van der Waals surface area contributed by atoms with Gasteiger partial charge in [0.25, 0.3) is 0 Å². The van der Waals surface area contributed by atoms with Crippen molar-refractivity contribution < 1.29 is 75.8 Å². The zero-order valence-electron chi connectivity index (χ0n) is 54.9. The molecule has 4 N–H and O–H groups in total. The second-order valence-corrected chi connectivity index (χ2v) is 23.7. The van der Waals surface area contributed by atoms with Crippen molar-refractivity contribution in [3.8, 4) is 0 Å². The molecular formula is C73H112O16P2. The molecule has 91 heavy (non-hydrogen) atoms. The fourth-order valence-electron chi connectivity index (χ4n) is 7.42. The Balaban J connectivity index is 4.90. The summed E-state index contributed by atoms with van der Waals surface area (Å²) in [5.74, 6) is -1.79. The summed E-state index contributed by atoms with van der Waals surface area (Å²) in [6.45, 7) is 2.06. The molecular weight excluding hydrogens is 1190 g/mol. The summed E-state index contributed by atoms with van der Waals surface area (Å²) in [5.41, 5.74) is 0. The molecule has 0 aromatic heterocycles. The topological polar surface area (TPSA) is 231 Å². The Labute approximate surface area is 547 Å². The molecule has 0 heterocycles. The van der Waals surface area contributed by atoms with Crippen LogP contribution in [0, 0.1) is 0 Å². The minimum Gasteiger partial charge on any atom is -0.463 e. The first kappa shape index (κ1) is 85.4. The first-order chi connectivity index (χ1) is 44.2. The first-order valence-corrected chi connectivity index (χ1v) is 35.7. The maximum Gasteiger partial charge on any atom is 0.472 e. The van der Waals surface area contributed by atoms with Crippen molar-refractivity contribution in [2.75, 3.05) is 39.6 Å². The molecule has 5 unspecified atom stereocenters. The Morgan fingerprint density at radius 3 is 0.945 bits per heavy atom. The highest BCUT2D eigenvalue weighted by Crippen LogP contribution is 2.45. The molecule has 0 aromatic rings. The van der Waals surface area contributed by atoms with E-state index in [1.807, 2.05) is 30.4 Å². The van der Waals surface area contributed by atoms with Crippen LogP contribution in [0.3, 0.4) is 0 Å². The quantitative estimate of drug-likeness (QED) is 0.0146. The van der Waals surface area contributed by atoms with Crippen LogP contribution in [0.4, 0.5) is 0 Å². The summed E-state index contributed by atoms with van der Waals surface area (Å²) in [6.07, 6.45) is 82.3. The van der Waals surface area contributed by atoms with Gasteiger partial charge in [-0.1, -0.05) is 222 Å². The molecule has 0 saturated heterocycles. The lowest BCUT2D eigenvalue weighted by Gasteiger charge is -2.21. The third-order valence-corrected chi connectivity index (χ3v) is 14.2. The van der Waals surface area contributed by atoms with Crippen molar-refractivity contribution in [1.82, 2.24) is 0 Å². The maximum absolute atomic E-state index is 12.9. The maximum atomic E-state index is 12.9. The molecule has 510 valence electrons. The van der Waals surface area contributed by atoms with E-state index < -0.39 is 91.5 Å². The zero-order chi connectivity index (χ0) is 66.7. The predicted octanol–water partition coefficient (Wildman–Crippen LogP) is 18.1. The van der Waals surface area contributed by atoms with Crippen LogP contribution < -0.4 is 0 Å². The fourth-order valence-corrected chi connectivity index (χ4v) is 9.00. The van der Waals surface area contributed by atoms with Crippen LogP contribution in [0.5, 0.6) is 0 Å². The lowest BCUT2D eigenvalue weighted by molar-refractivity contribution is -0.161. The molecule has 0 rings (SSSR count). The van der Waals surface area contributed by atoms with Crippen molar-refractivity contribution in [3.63, 3.8) is 0 Å². The number of aliphatic hydroxyl groups excluding tert-OH is 2. The molecule has 0 aliphatic rings. The number of phosphoric acid groups is 2. The number of carbonyl (C=O) groups excluding carboxylic acids is 3. The summed E-state index contributed by atoms with van der Waals surface area (Å²) >= 11 is 0. The van der Waals surface area contributed by atoms with Gasteiger partial charge in [-0.15, -0.1) is 0 Å². The number of rotatable bonds is 59. The molecule has 0 radical (unpaired) electrons. The number of hydrogen-bond acceptors (Lipinski definition) is 14. The highest BCUT2D eigenvalue weighted by Gasteiger charge is 2.29. The number of esters is 3. The fraction of sp³-hybridized carbons (Fsp3) is 0.521. The van der Waals surface area contributed by atoms with Gasteiger partial charge in [0.05, 0.1) is 26.4 Å². The number of carbonyl (C=O) groups is 3. The van der Waals surface area contributed by atoms with E-state index in [-0.39, 0.29) is 19.3 Å². The molecule has 0 aliphatic carbocycles. The number of phosphoric ester groups is 2. The Morgan fingerprint density at radius 2 is 0.582 bits per heavy atom. The van der Waals surface area contributed by atoms with E-state index in [1.165, 1.54) is 0 Å².